The molecule has 0 unspecified atom stereocenters. The molecular formula is C11H24O7. The highest BCUT2D eigenvalue weighted by Gasteiger charge is 1.87. The Balaban J connectivity index is -0.0000000766. The zero-order valence-corrected chi connectivity index (χ0v) is 11.6. The van der Waals surface area contributed by atoms with Crippen molar-refractivity contribution in [3.63, 3.8) is 0 Å². The third-order valence-electron chi connectivity index (χ3n) is 1.12. The lowest BCUT2D eigenvalue weighted by atomic mass is 10.5. The fraction of sp³-hybridized carbons (Fsp3) is 0.727. The van der Waals surface area contributed by atoms with Crippen LogP contribution in [0.15, 0.2) is 0 Å². The second-order valence-electron chi connectivity index (χ2n) is 2.42. The van der Waals surface area contributed by atoms with Gasteiger partial charge in [-0.15, -0.1) is 0 Å². The maximum absolute atomic E-state index is 9.96. The first kappa shape index (κ1) is 25.3. The van der Waals surface area contributed by atoms with E-state index in [4.69, 9.17) is 15.3 Å². The number of aliphatic carboxylic acids is 2. The van der Waals surface area contributed by atoms with Crippen LogP contribution in [0.2, 0.25) is 0 Å². The van der Waals surface area contributed by atoms with Crippen LogP contribution >= 0.6 is 0 Å². The molecule has 110 valence electrons. The maximum Gasteiger partial charge on any atom is 0.305 e. The Morgan fingerprint density at radius 3 is 1.06 bits per heavy atom. The van der Waals surface area contributed by atoms with Crippen LogP contribution in [0, 0.1) is 0 Å². The van der Waals surface area contributed by atoms with Crippen LogP contribution in [-0.2, 0) is 19.1 Å². The number of aliphatic hydroxyl groups excluding tert-OH is 1. The van der Waals surface area contributed by atoms with Crippen molar-refractivity contribution in [2.75, 3.05) is 14.2 Å². The van der Waals surface area contributed by atoms with Gasteiger partial charge in [0.1, 0.15) is 0 Å². The molecule has 0 aromatic carbocycles. The third-order valence-corrected chi connectivity index (χ3v) is 1.12. The molecule has 0 fully saturated rings. The van der Waals surface area contributed by atoms with Gasteiger partial charge in [-0.05, 0) is 0 Å². The van der Waals surface area contributed by atoms with E-state index in [0.29, 0.717) is 6.42 Å². The molecule has 0 radical (unpaired) electrons. The molecule has 0 saturated carbocycles. The summed E-state index contributed by atoms with van der Waals surface area (Å²) in [5, 5.41) is 22.4. The fourth-order valence-electron chi connectivity index (χ4n) is 0.144. The Morgan fingerprint density at radius 2 is 1.06 bits per heavy atom. The molecule has 0 bridgehead atoms. The van der Waals surface area contributed by atoms with Gasteiger partial charge in [0.15, 0.2) is 0 Å². The molecule has 0 spiro atoms. The predicted octanol–water partition coefficient (Wildman–Crippen LogP) is 1.14. The van der Waals surface area contributed by atoms with Gasteiger partial charge >= 0.3 is 17.9 Å². The SMILES string of the molecule is CCC(=O)O.CCC(=O)O.CCC(=O)OC.CO. The molecule has 0 atom stereocenters. The first-order valence-corrected chi connectivity index (χ1v) is 5.30. The van der Waals surface area contributed by atoms with Gasteiger partial charge in [0.25, 0.3) is 0 Å². The van der Waals surface area contributed by atoms with Crippen LogP contribution in [0.3, 0.4) is 0 Å². The average Bonchev–Trinajstić information content (AvgIpc) is 2.41. The van der Waals surface area contributed by atoms with Gasteiger partial charge in [0, 0.05) is 26.4 Å². The average molecular weight is 268 g/mol. The largest absolute Gasteiger partial charge is 0.481 e. The molecule has 0 saturated heterocycles. The Hall–Kier alpha value is -1.63. The van der Waals surface area contributed by atoms with Crippen LogP contribution in [-0.4, -0.2) is 47.4 Å². The summed E-state index contributed by atoms with van der Waals surface area (Å²) < 4.78 is 4.26. The smallest absolute Gasteiger partial charge is 0.305 e. The van der Waals surface area contributed by atoms with E-state index in [1.807, 2.05) is 0 Å². The number of carboxylic acid groups (broad SMARTS) is 2. The number of rotatable bonds is 3. The van der Waals surface area contributed by atoms with Crippen LogP contribution < -0.4 is 0 Å². The number of esters is 1. The third kappa shape index (κ3) is 63.3. The first-order chi connectivity index (χ1) is 8.35. The summed E-state index contributed by atoms with van der Waals surface area (Å²) in [5.74, 6) is -1.65. The van der Waals surface area contributed by atoms with Crippen molar-refractivity contribution in [1.82, 2.24) is 0 Å². The summed E-state index contributed by atoms with van der Waals surface area (Å²) in [7, 11) is 2.38. The first-order valence-electron chi connectivity index (χ1n) is 5.30. The molecule has 0 amide bonds. The maximum atomic E-state index is 9.96. The van der Waals surface area contributed by atoms with Crippen LogP contribution in [0.25, 0.3) is 0 Å². The van der Waals surface area contributed by atoms with Crippen molar-refractivity contribution >= 4 is 17.9 Å². The normalized spacial score (nSPS) is 7.00. The number of hydrogen-bond donors (Lipinski definition) is 3. The van der Waals surface area contributed by atoms with E-state index in [2.05, 4.69) is 4.74 Å². The molecular weight excluding hydrogens is 244 g/mol. The number of carbonyl (C=O) groups excluding carboxylic acids is 1. The molecule has 0 heterocycles. The molecule has 7 heteroatoms. The lowest BCUT2D eigenvalue weighted by molar-refractivity contribution is -0.140. The van der Waals surface area contributed by atoms with Gasteiger partial charge in [-0.1, -0.05) is 20.8 Å². The molecule has 3 N–H and O–H groups in total. The topological polar surface area (TPSA) is 121 Å². The molecule has 0 aliphatic heterocycles. The monoisotopic (exact) mass is 268 g/mol. The van der Waals surface area contributed by atoms with Gasteiger partial charge < -0.3 is 20.1 Å². The van der Waals surface area contributed by atoms with Gasteiger partial charge in [-0.2, -0.15) is 0 Å². The summed E-state index contributed by atoms with van der Waals surface area (Å²) in [5.41, 5.74) is 0. The Kier molecular flexibility index (Phi) is 34.5. The van der Waals surface area contributed by atoms with E-state index in [-0.39, 0.29) is 18.8 Å². The second-order valence-corrected chi connectivity index (χ2v) is 2.42. The highest BCUT2D eigenvalue weighted by molar-refractivity contribution is 5.68. The van der Waals surface area contributed by atoms with E-state index in [1.54, 1.807) is 20.8 Å². The molecule has 0 aliphatic rings. The molecule has 0 aliphatic carbocycles. The number of carbonyl (C=O) groups is 3. The Bertz CT molecular complexity index is 182. The second kappa shape index (κ2) is 24.6. The van der Waals surface area contributed by atoms with Crippen LogP contribution in [0.5, 0.6) is 0 Å². The summed E-state index contributed by atoms with van der Waals surface area (Å²) in [4.78, 5) is 28.7. The van der Waals surface area contributed by atoms with Crippen molar-refractivity contribution in [2.45, 2.75) is 40.0 Å². The number of aliphatic hydroxyl groups is 1. The van der Waals surface area contributed by atoms with Gasteiger partial charge in [0.05, 0.1) is 7.11 Å². The molecule has 0 aromatic rings. The van der Waals surface area contributed by atoms with Crippen molar-refractivity contribution in [3.05, 3.63) is 0 Å². The van der Waals surface area contributed by atoms with E-state index >= 15 is 0 Å². The fourth-order valence-corrected chi connectivity index (χ4v) is 0.144. The zero-order chi connectivity index (χ0) is 15.6. The Morgan fingerprint density at radius 1 is 0.833 bits per heavy atom. The lowest BCUT2D eigenvalue weighted by Crippen LogP contribution is -1.94. The van der Waals surface area contributed by atoms with Crippen molar-refractivity contribution in [1.29, 1.82) is 0 Å². The zero-order valence-electron chi connectivity index (χ0n) is 11.6. The molecule has 7 nitrogen and oxygen atoms in total. The lowest BCUT2D eigenvalue weighted by Gasteiger charge is -1.87. The highest BCUT2D eigenvalue weighted by atomic mass is 16.5. The highest BCUT2D eigenvalue weighted by Crippen LogP contribution is 1.76. The van der Waals surface area contributed by atoms with Crippen LogP contribution in [0.4, 0.5) is 0 Å². The summed E-state index contributed by atoms with van der Waals surface area (Å²) >= 11 is 0. The van der Waals surface area contributed by atoms with Gasteiger partial charge in [0.2, 0.25) is 0 Å². The van der Waals surface area contributed by atoms with Crippen molar-refractivity contribution < 1.29 is 34.4 Å². The summed E-state index contributed by atoms with van der Waals surface area (Å²) in [6, 6.07) is 0. The van der Waals surface area contributed by atoms with E-state index < -0.39 is 11.9 Å². The van der Waals surface area contributed by atoms with Crippen LogP contribution in [0.1, 0.15) is 40.0 Å². The molecule has 0 aromatic heterocycles. The van der Waals surface area contributed by atoms with E-state index in [0.717, 1.165) is 7.11 Å². The number of ether oxygens (including phenoxy) is 1. The number of methoxy groups -OCH3 is 1. The quantitative estimate of drug-likeness (QED) is 0.656. The number of hydrogen-bond acceptors (Lipinski definition) is 5. The van der Waals surface area contributed by atoms with E-state index in [1.165, 1.54) is 7.11 Å². The molecule has 0 rings (SSSR count). The van der Waals surface area contributed by atoms with E-state index in [9.17, 15) is 14.4 Å². The molecule has 18 heavy (non-hydrogen) atoms. The van der Waals surface area contributed by atoms with Gasteiger partial charge in [-0.3, -0.25) is 14.4 Å². The Labute approximate surface area is 107 Å². The number of carboxylic acids is 2. The minimum Gasteiger partial charge on any atom is -0.481 e. The van der Waals surface area contributed by atoms with Crippen molar-refractivity contribution in [3.8, 4) is 0 Å². The summed E-state index contributed by atoms with van der Waals surface area (Å²) in [6.07, 6.45) is 0.913. The standard InChI is InChI=1S/C4H8O2.2C3H6O2.CH4O/c1-3-4(5)6-2;2*1-2-3(4)5;1-2/h3H2,1-2H3;2*2H2,1H3,(H,4,5);2H,1H3. The minimum atomic E-state index is -0.745. The minimum absolute atomic E-state index is 0.157. The van der Waals surface area contributed by atoms with Crippen molar-refractivity contribution in [2.24, 2.45) is 0 Å². The predicted molar refractivity (Wildman–Crippen MR) is 66.3 cm³/mol. The van der Waals surface area contributed by atoms with Gasteiger partial charge in [-0.25, -0.2) is 0 Å². The summed E-state index contributed by atoms with van der Waals surface area (Å²) in [6.45, 7) is 4.95.